The normalized spacial score (nSPS) is 20.9. The summed E-state index contributed by atoms with van der Waals surface area (Å²) in [7, 11) is 0. The third-order valence-corrected chi connectivity index (χ3v) is 15.1. The molecule has 3 fully saturated rings. The number of β-amino-alcohol motifs (C(OH)–C–C–N with tert-alkyl or cyclic N) is 1. The number of aromatic hydroxyl groups is 1. The first-order valence-electron chi connectivity index (χ1n) is 24.4. The molecule has 0 radical (unpaired) electrons. The molecule has 0 unspecified atom stereocenters. The lowest BCUT2D eigenvalue weighted by atomic mass is 9.80. The van der Waals surface area contributed by atoms with Crippen LogP contribution in [-0.4, -0.2) is 138 Å². The summed E-state index contributed by atoms with van der Waals surface area (Å²) < 4.78 is 0. The van der Waals surface area contributed by atoms with Crippen molar-refractivity contribution in [2.75, 3.05) is 50.7 Å². The molecule has 4 aliphatic rings. The van der Waals surface area contributed by atoms with E-state index in [4.69, 9.17) is 22.1 Å². The van der Waals surface area contributed by atoms with Gasteiger partial charge in [0.2, 0.25) is 17.8 Å². The molecule has 3 aromatic heterocycles. The Kier molecular flexibility index (Phi) is 13.9. The number of nitrogens with zero attached hydrogens (tertiary/aromatic N) is 8. The predicted octanol–water partition coefficient (Wildman–Crippen LogP) is 4.60. The topological polar surface area (TPSA) is 222 Å². The maximum atomic E-state index is 14.4. The van der Waals surface area contributed by atoms with Gasteiger partial charge in [0.15, 0.2) is 5.65 Å². The fraction of sp³-hybridized carbons (Fsp3) is 0.481. The Hall–Kier alpha value is -6.61. The molecular formula is C52H64N12O5. The van der Waals surface area contributed by atoms with Crippen LogP contribution in [0.15, 0.2) is 67.0 Å². The lowest BCUT2D eigenvalue weighted by Crippen LogP contribution is -2.61. The first kappa shape index (κ1) is 47.5. The standard InChI is InChI=1S/C52H64N12O5/c1-5-33-10-12-34(13-11-33)28-54-48(67)43-26-38(65)31-64(43)49(68)46(52(3,4)19-20-53)58-51(69)62-23-16-37(17-24-62)61-21-14-35(15-22-61)36-29-55-50(56-30-36)63-25-18-41-45(32(63)2)40-27-42(59-60-47(40)57-41)39-8-6-7-9-44(39)66/h1,6-13,27,29-30,32,35,37-38,43,46,65-66H,14-26,28,31,53H2,2-4H3,(H,54,67)(H,57,60)(H,58,69)/t32-,38-,43+,46+/m1/s1. The maximum Gasteiger partial charge on any atom is 0.318 e. The molecule has 2 aromatic carbocycles. The van der Waals surface area contributed by atoms with E-state index in [-0.39, 0.29) is 43.2 Å². The number of para-hydroxylation sites is 1. The second-order valence-corrected chi connectivity index (χ2v) is 19.9. The molecule has 0 spiro atoms. The Morgan fingerprint density at radius 2 is 1.71 bits per heavy atom. The van der Waals surface area contributed by atoms with Gasteiger partial charge in [0.1, 0.15) is 17.8 Å². The lowest BCUT2D eigenvalue weighted by Gasteiger charge is -2.43. The fourth-order valence-corrected chi connectivity index (χ4v) is 11.0. The number of fused-ring (bicyclic) bond motifs is 3. The zero-order chi connectivity index (χ0) is 48.4. The number of benzene rings is 2. The summed E-state index contributed by atoms with van der Waals surface area (Å²) in [5.41, 5.74) is 12.3. The minimum atomic E-state index is -0.961. The number of aliphatic hydroxyl groups excluding tert-OH is 1. The van der Waals surface area contributed by atoms with E-state index in [2.05, 4.69) is 48.5 Å². The number of rotatable bonds is 12. The second kappa shape index (κ2) is 20.2. The number of nitrogens with two attached hydrogens (primary N) is 1. The van der Waals surface area contributed by atoms with Crippen molar-refractivity contribution >= 4 is 34.8 Å². The first-order chi connectivity index (χ1) is 33.3. The number of urea groups is 1. The summed E-state index contributed by atoms with van der Waals surface area (Å²) in [4.78, 5) is 63.2. The lowest BCUT2D eigenvalue weighted by molar-refractivity contribution is -0.142. The zero-order valence-corrected chi connectivity index (χ0v) is 39.8. The molecule has 9 rings (SSSR count). The van der Waals surface area contributed by atoms with E-state index in [0.717, 1.165) is 90.7 Å². The highest BCUT2D eigenvalue weighted by molar-refractivity contribution is 5.93. The van der Waals surface area contributed by atoms with Crippen molar-refractivity contribution < 1.29 is 24.6 Å². The summed E-state index contributed by atoms with van der Waals surface area (Å²) in [5, 5.41) is 37.0. The number of H-pyrrole nitrogens is 1. The van der Waals surface area contributed by atoms with Gasteiger partial charge in [-0.3, -0.25) is 9.59 Å². The van der Waals surface area contributed by atoms with Crippen molar-refractivity contribution in [1.29, 1.82) is 0 Å². The van der Waals surface area contributed by atoms with Crippen molar-refractivity contribution in [3.8, 4) is 29.4 Å². The average molecular weight is 937 g/mol. The second-order valence-electron chi connectivity index (χ2n) is 19.9. The number of aliphatic hydroxyl groups is 1. The van der Waals surface area contributed by atoms with Crippen LogP contribution in [0, 0.1) is 17.8 Å². The molecule has 69 heavy (non-hydrogen) atoms. The Labute approximate surface area is 403 Å². The number of amides is 4. The average Bonchev–Trinajstić information content (AvgIpc) is 3.95. The fourth-order valence-electron chi connectivity index (χ4n) is 11.0. The number of hydrogen-bond donors (Lipinski definition) is 6. The Bertz CT molecular complexity index is 2690. The molecule has 0 aliphatic carbocycles. The number of nitrogens with one attached hydrogen (secondary N) is 3. The summed E-state index contributed by atoms with van der Waals surface area (Å²) in [6.07, 6.45) is 13.6. The number of phenols is 1. The van der Waals surface area contributed by atoms with Crippen molar-refractivity contribution in [2.24, 2.45) is 11.1 Å². The van der Waals surface area contributed by atoms with Crippen LogP contribution in [0.3, 0.4) is 0 Å². The van der Waals surface area contributed by atoms with Crippen molar-refractivity contribution in [2.45, 2.75) is 108 Å². The zero-order valence-electron chi connectivity index (χ0n) is 39.8. The summed E-state index contributed by atoms with van der Waals surface area (Å²) in [6.45, 7) is 10.3. The molecule has 362 valence electrons. The Morgan fingerprint density at radius 1 is 0.986 bits per heavy atom. The van der Waals surface area contributed by atoms with Crippen LogP contribution in [0.25, 0.3) is 22.3 Å². The van der Waals surface area contributed by atoms with Crippen LogP contribution in [0.2, 0.25) is 0 Å². The van der Waals surface area contributed by atoms with Crippen LogP contribution in [0.4, 0.5) is 10.7 Å². The van der Waals surface area contributed by atoms with E-state index >= 15 is 0 Å². The molecule has 4 aliphatic heterocycles. The van der Waals surface area contributed by atoms with E-state index in [0.29, 0.717) is 55.2 Å². The molecule has 0 saturated carbocycles. The number of aromatic amines is 1. The molecule has 0 bridgehead atoms. The number of carbonyl (C=O) groups excluding carboxylic acids is 3. The maximum absolute atomic E-state index is 14.4. The van der Waals surface area contributed by atoms with Gasteiger partial charge in [0, 0.05) is 91.8 Å². The number of terminal acetylenes is 1. The van der Waals surface area contributed by atoms with Crippen molar-refractivity contribution in [1.82, 2.24) is 50.5 Å². The predicted molar refractivity (Wildman–Crippen MR) is 263 cm³/mol. The van der Waals surface area contributed by atoms with E-state index in [1.807, 2.05) is 56.6 Å². The molecule has 7 N–H and O–H groups in total. The first-order valence-corrected chi connectivity index (χ1v) is 24.4. The number of hydrogen-bond acceptors (Lipinski definition) is 12. The van der Waals surface area contributed by atoms with Crippen LogP contribution < -0.4 is 21.3 Å². The van der Waals surface area contributed by atoms with Gasteiger partial charge in [-0.1, -0.05) is 44.0 Å². The Morgan fingerprint density at radius 3 is 2.41 bits per heavy atom. The molecule has 4 atom stereocenters. The van der Waals surface area contributed by atoms with Gasteiger partial charge >= 0.3 is 6.03 Å². The number of carbonyl (C=O) groups is 3. The van der Waals surface area contributed by atoms with Crippen molar-refractivity contribution in [3.05, 3.63) is 94.9 Å². The molecule has 17 heteroatoms. The largest absolute Gasteiger partial charge is 0.507 e. The number of phenolic OH excluding ortho intramolecular Hbond substituents is 1. The molecule has 3 saturated heterocycles. The van der Waals surface area contributed by atoms with Crippen LogP contribution in [-0.2, 0) is 22.6 Å². The van der Waals surface area contributed by atoms with E-state index < -0.39 is 29.5 Å². The van der Waals surface area contributed by atoms with Gasteiger partial charge in [0.25, 0.3) is 0 Å². The van der Waals surface area contributed by atoms with Crippen LogP contribution in [0.1, 0.15) is 99.2 Å². The molecule has 17 nitrogen and oxygen atoms in total. The number of anilines is 1. The van der Waals surface area contributed by atoms with Crippen molar-refractivity contribution in [3.63, 3.8) is 0 Å². The third kappa shape index (κ3) is 9.97. The molecule has 4 amide bonds. The molecule has 5 aromatic rings. The minimum absolute atomic E-state index is 0.00388. The Balaban J connectivity index is 0.773. The molecular weight excluding hydrogens is 873 g/mol. The van der Waals surface area contributed by atoms with Gasteiger partial charge in [0.05, 0.1) is 17.8 Å². The SMILES string of the molecule is C#Cc1ccc(CNC(=O)[C@@H]2C[C@@H](O)CN2C(=O)[C@H](NC(=O)N2CCC(N3CCC(c4cnc(N5CCc6[nH]c7nnc(-c8ccccc8O)cc7c6[C@H]5C)nc4)CC3)CC2)C(C)(C)CCN)cc1. The number of aromatic nitrogens is 5. The smallest absolute Gasteiger partial charge is 0.318 e. The van der Waals surface area contributed by atoms with Gasteiger partial charge in [-0.2, -0.15) is 0 Å². The quantitative estimate of drug-likeness (QED) is 0.0946. The molecule has 7 heterocycles. The van der Waals surface area contributed by atoms with E-state index in [1.54, 1.807) is 29.2 Å². The van der Waals surface area contributed by atoms with Crippen LogP contribution in [0.5, 0.6) is 5.75 Å². The highest BCUT2D eigenvalue weighted by Gasteiger charge is 2.46. The van der Waals surface area contributed by atoms with E-state index in [9.17, 15) is 24.6 Å². The monoisotopic (exact) mass is 937 g/mol. The third-order valence-electron chi connectivity index (χ3n) is 15.1. The van der Waals surface area contributed by atoms with E-state index in [1.165, 1.54) is 4.90 Å². The number of likely N-dealkylation sites (tertiary alicyclic amines) is 3. The summed E-state index contributed by atoms with van der Waals surface area (Å²) in [6, 6.07) is 14.6. The highest BCUT2D eigenvalue weighted by atomic mass is 16.3. The highest BCUT2D eigenvalue weighted by Crippen LogP contribution is 2.39. The summed E-state index contributed by atoms with van der Waals surface area (Å²) in [5.74, 6) is 3.02. The minimum Gasteiger partial charge on any atom is -0.507 e. The van der Waals surface area contributed by atoms with Crippen LogP contribution >= 0.6 is 0 Å². The van der Waals surface area contributed by atoms with Gasteiger partial charge in [-0.25, -0.2) is 14.8 Å². The summed E-state index contributed by atoms with van der Waals surface area (Å²) >= 11 is 0. The van der Waals surface area contributed by atoms with Gasteiger partial charge in [-0.15, -0.1) is 16.6 Å². The van der Waals surface area contributed by atoms with Gasteiger partial charge in [-0.05, 0) is 111 Å². The number of piperidine rings is 2. The van der Waals surface area contributed by atoms with Gasteiger partial charge < -0.3 is 51.2 Å².